The van der Waals surface area contributed by atoms with Crippen molar-refractivity contribution >= 4 is 28.3 Å². The highest BCUT2D eigenvalue weighted by Crippen LogP contribution is 2.29. The van der Waals surface area contributed by atoms with Crippen LogP contribution in [0.1, 0.15) is 16.1 Å². The Bertz CT molecular complexity index is 1390. The molecule has 1 aromatic heterocycles. The van der Waals surface area contributed by atoms with E-state index in [-0.39, 0.29) is 12.3 Å². The molecule has 0 saturated carbocycles. The van der Waals surface area contributed by atoms with Crippen LogP contribution in [0.5, 0.6) is 11.5 Å². The molecule has 8 nitrogen and oxygen atoms in total. The third-order valence-corrected chi connectivity index (χ3v) is 6.02. The third-order valence-electron chi connectivity index (χ3n) is 5.18. The van der Waals surface area contributed by atoms with E-state index in [1.807, 2.05) is 60.7 Å². The Kier molecular flexibility index (Phi) is 9.98. The van der Waals surface area contributed by atoms with E-state index in [0.29, 0.717) is 23.1 Å². The molecule has 4 aromatic rings. The summed E-state index contributed by atoms with van der Waals surface area (Å²) in [5.41, 5.74) is 4.24. The Balaban J connectivity index is 0.000000532. The largest absolute Gasteiger partial charge is 0.493 e. The Hall–Kier alpha value is -4.45. The molecule has 0 saturated heterocycles. The summed E-state index contributed by atoms with van der Waals surface area (Å²) in [5.74, 6) is -1.53. The number of carbonyl (C=O) groups is 2. The van der Waals surface area contributed by atoms with E-state index in [4.69, 9.17) is 19.4 Å². The van der Waals surface area contributed by atoms with Gasteiger partial charge in [-0.15, -0.1) is 10.2 Å². The average molecular weight is 560 g/mol. The van der Waals surface area contributed by atoms with Crippen molar-refractivity contribution in [1.29, 1.82) is 0 Å². The molecule has 0 aliphatic carbocycles. The first-order valence-corrected chi connectivity index (χ1v) is 12.2. The minimum Gasteiger partial charge on any atom is -0.493 e. The molecule has 0 aliphatic heterocycles. The zero-order chi connectivity index (χ0) is 28.4. The van der Waals surface area contributed by atoms with Crippen molar-refractivity contribution in [2.45, 2.75) is 19.0 Å². The first kappa shape index (κ1) is 29.1. The van der Waals surface area contributed by atoms with Crippen LogP contribution in [0.25, 0.3) is 11.1 Å². The van der Waals surface area contributed by atoms with Gasteiger partial charge < -0.3 is 19.9 Å². The van der Waals surface area contributed by atoms with E-state index in [1.54, 1.807) is 14.2 Å². The molecule has 0 bridgehead atoms. The molecule has 0 radical (unpaired) electrons. The van der Waals surface area contributed by atoms with Gasteiger partial charge in [-0.05, 0) is 34.4 Å². The second kappa shape index (κ2) is 13.4. The Morgan fingerprint density at radius 3 is 2.05 bits per heavy atom. The van der Waals surface area contributed by atoms with E-state index in [2.05, 4.69) is 27.6 Å². The minimum atomic E-state index is -5.08. The molecule has 0 unspecified atom stereocenters. The van der Waals surface area contributed by atoms with Crippen molar-refractivity contribution in [1.82, 2.24) is 10.2 Å². The van der Waals surface area contributed by atoms with Crippen LogP contribution in [-0.2, 0) is 22.4 Å². The maximum absolute atomic E-state index is 12.5. The molecule has 1 heterocycles. The number of carboxylic acids is 1. The fraction of sp³-hybridized carbons (Fsp3) is 0.185. The molecule has 39 heavy (non-hydrogen) atoms. The van der Waals surface area contributed by atoms with Crippen LogP contribution in [0.2, 0.25) is 0 Å². The molecule has 204 valence electrons. The lowest BCUT2D eigenvalue weighted by Crippen LogP contribution is -2.21. The van der Waals surface area contributed by atoms with Gasteiger partial charge in [0.2, 0.25) is 11.0 Å². The lowest BCUT2D eigenvalue weighted by molar-refractivity contribution is -0.192. The van der Waals surface area contributed by atoms with Gasteiger partial charge in [-0.25, -0.2) is 4.79 Å². The van der Waals surface area contributed by atoms with Crippen LogP contribution in [0.3, 0.4) is 0 Å². The number of halogens is 3. The zero-order valence-electron chi connectivity index (χ0n) is 20.9. The predicted octanol–water partition coefficient (Wildman–Crippen LogP) is 5.63. The highest BCUT2D eigenvalue weighted by Gasteiger charge is 2.38. The number of carbonyl (C=O) groups excluding carboxylic acids is 1. The molecule has 2 N–H and O–H groups in total. The Morgan fingerprint density at radius 2 is 1.46 bits per heavy atom. The molecule has 0 aliphatic rings. The topological polar surface area (TPSA) is 111 Å². The lowest BCUT2D eigenvalue weighted by atomic mass is 10.0. The number of aliphatic carboxylic acids is 1. The van der Waals surface area contributed by atoms with Crippen molar-refractivity contribution in [3.63, 3.8) is 0 Å². The van der Waals surface area contributed by atoms with Gasteiger partial charge in [0.15, 0.2) is 11.5 Å². The van der Waals surface area contributed by atoms with E-state index in [9.17, 15) is 18.0 Å². The summed E-state index contributed by atoms with van der Waals surface area (Å²) in [6, 6.07) is 23.9. The molecule has 0 atom stereocenters. The summed E-state index contributed by atoms with van der Waals surface area (Å²) in [7, 11) is 3.21. The first-order chi connectivity index (χ1) is 18.6. The van der Waals surface area contributed by atoms with Crippen molar-refractivity contribution in [2.75, 3.05) is 19.5 Å². The lowest BCUT2D eigenvalue weighted by Gasteiger charge is -2.08. The van der Waals surface area contributed by atoms with Gasteiger partial charge in [-0.2, -0.15) is 13.2 Å². The highest BCUT2D eigenvalue weighted by atomic mass is 32.1. The van der Waals surface area contributed by atoms with Gasteiger partial charge in [0.1, 0.15) is 5.01 Å². The molecule has 3 aromatic carbocycles. The number of rotatable bonds is 8. The number of hydrogen-bond acceptors (Lipinski definition) is 7. The van der Waals surface area contributed by atoms with E-state index >= 15 is 0 Å². The van der Waals surface area contributed by atoms with Crippen molar-refractivity contribution in [3.8, 4) is 22.6 Å². The normalized spacial score (nSPS) is 10.7. The Labute approximate surface area is 226 Å². The number of hydrogen-bond donors (Lipinski definition) is 2. The van der Waals surface area contributed by atoms with Crippen molar-refractivity contribution in [2.24, 2.45) is 0 Å². The number of ether oxygens (including phenoxy) is 2. The summed E-state index contributed by atoms with van der Waals surface area (Å²) in [4.78, 5) is 21.4. The number of carboxylic acid groups (broad SMARTS) is 1. The monoisotopic (exact) mass is 559 g/mol. The standard InChI is InChI=1S/C25H23N3O3S.C2HF3O2/c1-30-21-13-10-18(14-22(21)31-2)16-24-27-28-25(32-24)26-23(29)15-17-8-11-20(12-9-17)19-6-4-3-5-7-19;3-2(4,5)1(6)7/h3-14H,15-16H2,1-2H3,(H,26,28,29);(H,6,7). The molecule has 12 heteroatoms. The molecule has 4 rings (SSSR count). The maximum atomic E-state index is 12.5. The van der Waals surface area contributed by atoms with E-state index in [1.165, 1.54) is 11.3 Å². The van der Waals surface area contributed by atoms with Gasteiger partial charge in [0.05, 0.1) is 20.6 Å². The molecular formula is C27H24F3N3O5S. The molecule has 0 fully saturated rings. The maximum Gasteiger partial charge on any atom is 0.490 e. The van der Waals surface area contributed by atoms with Gasteiger partial charge in [-0.1, -0.05) is 72.0 Å². The summed E-state index contributed by atoms with van der Waals surface area (Å²) in [5, 5.41) is 19.6. The number of nitrogens with zero attached hydrogens (tertiary/aromatic N) is 2. The van der Waals surface area contributed by atoms with E-state index < -0.39 is 12.1 Å². The number of aromatic nitrogens is 2. The number of methoxy groups -OCH3 is 2. The number of amides is 1. The molecule has 1 amide bonds. The average Bonchev–Trinajstić information content (AvgIpc) is 3.35. The van der Waals surface area contributed by atoms with Gasteiger partial charge in [-0.3, -0.25) is 4.79 Å². The van der Waals surface area contributed by atoms with Gasteiger partial charge >= 0.3 is 12.1 Å². The predicted molar refractivity (Wildman–Crippen MR) is 140 cm³/mol. The second-order valence-corrected chi connectivity index (χ2v) is 9.02. The second-order valence-electron chi connectivity index (χ2n) is 7.96. The van der Waals surface area contributed by atoms with E-state index in [0.717, 1.165) is 27.3 Å². The summed E-state index contributed by atoms with van der Waals surface area (Å²) in [6.07, 6.45) is -4.21. The van der Waals surface area contributed by atoms with Crippen LogP contribution in [0.4, 0.5) is 18.3 Å². The van der Waals surface area contributed by atoms with Crippen LogP contribution < -0.4 is 14.8 Å². The fourth-order valence-corrected chi connectivity index (χ4v) is 4.13. The highest BCUT2D eigenvalue weighted by molar-refractivity contribution is 7.15. The quantitative estimate of drug-likeness (QED) is 0.288. The van der Waals surface area contributed by atoms with Gasteiger partial charge in [0, 0.05) is 6.42 Å². The van der Waals surface area contributed by atoms with Crippen LogP contribution in [-0.4, -0.2) is 47.6 Å². The smallest absolute Gasteiger partial charge is 0.490 e. The summed E-state index contributed by atoms with van der Waals surface area (Å²) < 4.78 is 42.4. The molecular weight excluding hydrogens is 535 g/mol. The first-order valence-electron chi connectivity index (χ1n) is 11.4. The Morgan fingerprint density at radius 1 is 0.872 bits per heavy atom. The van der Waals surface area contributed by atoms with Crippen LogP contribution >= 0.6 is 11.3 Å². The number of nitrogens with one attached hydrogen (secondary N) is 1. The van der Waals surface area contributed by atoms with Crippen LogP contribution in [0, 0.1) is 0 Å². The number of alkyl halides is 3. The van der Waals surface area contributed by atoms with Crippen molar-refractivity contribution in [3.05, 3.63) is 88.9 Å². The summed E-state index contributed by atoms with van der Waals surface area (Å²) >= 11 is 1.36. The fourth-order valence-electron chi connectivity index (χ4n) is 3.34. The summed E-state index contributed by atoms with van der Waals surface area (Å²) in [6.45, 7) is 0. The number of anilines is 1. The SMILES string of the molecule is COc1ccc(Cc2nnc(NC(=O)Cc3ccc(-c4ccccc4)cc3)s2)cc1OC.O=C(O)C(F)(F)F. The van der Waals surface area contributed by atoms with Crippen molar-refractivity contribution < 1.29 is 37.3 Å². The molecule has 0 spiro atoms. The van der Waals surface area contributed by atoms with Gasteiger partial charge in [0.25, 0.3) is 0 Å². The van der Waals surface area contributed by atoms with Crippen LogP contribution in [0.15, 0.2) is 72.8 Å². The minimum absolute atomic E-state index is 0.119. The third kappa shape index (κ3) is 8.82. The number of benzene rings is 3. The zero-order valence-corrected chi connectivity index (χ0v) is 21.7.